The van der Waals surface area contributed by atoms with Gasteiger partial charge in [-0.2, -0.15) is 0 Å². The van der Waals surface area contributed by atoms with Crippen LogP contribution in [-0.4, -0.2) is 21.9 Å². The van der Waals surface area contributed by atoms with Crippen LogP contribution < -0.4 is 11.5 Å². The van der Waals surface area contributed by atoms with E-state index in [-0.39, 0.29) is 12.0 Å². The highest BCUT2D eigenvalue weighted by Crippen LogP contribution is 2.39. The van der Waals surface area contributed by atoms with E-state index in [1.54, 1.807) is 0 Å². The minimum absolute atomic E-state index is 0.241. The van der Waals surface area contributed by atoms with Gasteiger partial charge in [0.2, 0.25) is 5.88 Å². The summed E-state index contributed by atoms with van der Waals surface area (Å²) in [5.74, 6) is 0.241. The molecule has 190 valence electrons. The number of hydrogen-bond donors (Lipinski definition) is 3. The van der Waals surface area contributed by atoms with E-state index in [9.17, 15) is 5.11 Å². The van der Waals surface area contributed by atoms with Crippen molar-refractivity contribution >= 4 is 22.6 Å². The highest BCUT2D eigenvalue weighted by Gasteiger charge is 2.24. The van der Waals surface area contributed by atoms with Crippen LogP contribution in [0.5, 0.6) is 5.88 Å². The molecule has 1 unspecified atom stereocenters. The van der Waals surface area contributed by atoms with Crippen molar-refractivity contribution in [2.24, 2.45) is 16.5 Å². The maximum absolute atomic E-state index is 11.1. The molecule has 4 aromatic rings. The van der Waals surface area contributed by atoms with Crippen molar-refractivity contribution < 1.29 is 5.11 Å². The molecule has 5 nitrogen and oxygen atoms in total. The number of allylic oxidation sites excluding steroid dienone is 1. The second-order valence-corrected chi connectivity index (χ2v) is 9.82. The minimum atomic E-state index is -0.268. The van der Waals surface area contributed by atoms with Gasteiger partial charge in [-0.1, -0.05) is 92.4 Å². The van der Waals surface area contributed by atoms with E-state index >= 15 is 0 Å². The van der Waals surface area contributed by atoms with Gasteiger partial charge in [-0.25, -0.2) is 0 Å². The Bertz CT molecular complexity index is 1400. The van der Waals surface area contributed by atoms with E-state index in [0.717, 1.165) is 65.5 Å². The van der Waals surface area contributed by atoms with Crippen molar-refractivity contribution in [2.75, 3.05) is 6.54 Å². The molecule has 0 radical (unpaired) electrons. The number of aliphatic imine (C=N–C) groups is 1. The fourth-order valence-electron chi connectivity index (χ4n) is 5.24. The summed E-state index contributed by atoms with van der Waals surface area (Å²) in [4.78, 5) is 4.95. The Kier molecular flexibility index (Phi) is 7.83. The van der Waals surface area contributed by atoms with E-state index in [4.69, 9.17) is 16.5 Å². The number of benzene rings is 3. The predicted octanol–water partition coefficient (Wildman–Crippen LogP) is 6.79. The van der Waals surface area contributed by atoms with Crippen molar-refractivity contribution in [3.63, 3.8) is 0 Å². The van der Waals surface area contributed by atoms with Crippen molar-refractivity contribution in [3.05, 3.63) is 95.7 Å². The fourth-order valence-corrected chi connectivity index (χ4v) is 5.24. The monoisotopic (exact) mass is 492 g/mol. The van der Waals surface area contributed by atoms with Crippen LogP contribution in [-0.2, 0) is 6.54 Å². The third-order valence-corrected chi connectivity index (χ3v) is 7.25. The van der Waals surface area contributed by atoms with E-state index in [1.807, 2.05) is 34.9 Å². The van der Waals surface area contributed by atoms with Gasteiger partial charge in [0, 0.05) is 16.3 Å². The molecule has 1 aliphatic rings. The molecule has 3 aromatic carbocycles. The summed E-state index contributed by atoms with van der Waals surface area (Å²) in [7, 11) is 0. The molecule has 5 rings (SSSR count). The van der Waals surface area contributed by atoms with Crippen molar-refractivity contribution in [3.8, 4) is 17.0 Å². The quantitative estimate of drug-likeness (QED) is 0.201. The summed E-state index contributed by atoms with van der Waals surface area (Å²) in [5, 5.41) is 13.0. The van der Waals surface area contributed by atoms with Crippen molar-refractivity contribution in [1.29, 1.82) is 0 Å². The first-order valence-corrected chi connectivity index (χ1v) is 13.4. The van der Waals surface area contributed by atoms with Crippen LogP contribution >= 0.6 is 0 Å². The van der Waals surface area contributed by atoms with Crippen molar-refractivity contribution in [2.45, 2.75) is 51.2 Å². The Morgan fingerprint density at radius 3 is 2.30 bits per heavy atom. The first kappa shape index (κ1) is 25.0. The summed E-state index contributed by atoms with van der Waals surface area (Å²) in [6, 6.07) is 25.0. The number of aromatic nitrogens is 1. The molecule has 5 N–H and O–H groups in total. The van der Waals surface area contributed by atoms with Crippen LogP contribution in [0.3, 0.4) is 0 Å². The minimum Gasteiger partial charge on any atom is -0.494 e. The Balaban J connectivity index is 1.33. The second kappa shape index (κ2) is 11.6. The number of rotatable bonds is 11. The van der Waals surface area contributed by atoms with Gasteiger partial charge in [0.1, 0.15) is 0 Å². The largest absolute Gasteiger partial charge is 0.494 e. The molecule has 1 aromatic heterocycles. The second-order valence-electron chi connectivity index (χ2n) is 9.82. The van der Waals surface area contributed by atoms with Crippen LogP contribution in [0.1, 0.15) is 61.5 Å². The maximum atomic E-state index is 11.1. The fraction of sp³-hybridized carbons (Fsp3) is 0.281. The van der Waals surface area contributed by atoms with Crippen molar-refractivity contribution in [1.82, 2.24) is 4.57 Å². The van der Waals surface area contributed by atoms with E-state index in [0.29, 0.717) is 6.54 Å². The summed E-state index contributed by atoms with van der Waals surface area (Å²) >= 11 is 0. The zero-order valence-corrected chi connectivity index (χ0v) is 21.3. The van der Waals surface area contributed by atoms with Gasteiger partial charge in [0.15, 0.2) is 0 Å². The lowest BCUT2D eigenvalue weighted by Crippen LogP contribution is -2.20. The van der Waals surface area contributed by atoms with Crippen LogP contribution in [0.4, 0.5) is 0 Å². The Morgan fingerprint density at radius 1 is 0.784 bits per heavy atom. The summed E-state index contributed by atoms with van der Waals surface area (Å²) in [6.07, 6.45) is 10.2. The van der Waals surface area contributed by atoms with Gasteiger partial charge < -0.3 is 16.6 Å². The number of aromatic hydroxyl groups is 1. The molecule has 0 spiro atoms. The third-order valence-electron chi connectivity index (χ3n) is 7.25. The average Bonchev–Trinajstić information content (AvgIpc) is 3.23. The topological polar surface area (TPSA) is 89.6 Å². The number of unbranched alkanes of at least 4 members (excludes halogenated alkanes) is 4. The van der Waals surface area contributed by atoms with Crippen LogP contribution in [0, 0.1) is 0 Å². The lowest BCUT2D eigenvalue weighted by atomic mass is 9.97. The number of nitrogens with two attached hydrogens (primary N) is 2. The third kappa shape index (κ3) is 5.38. The molecule has 1 aliphatic carbocycles. The average molecular weight is 493 g/mol. The van der Waals surface area contributed by atoms with Gasteiger partial charge in [-0.15, -0.1) is 0 Å². The molecule has 0 fully saturated rings. The molecule has 5 heteroatoms. The van der Waals surface area contributed by atoms with E-state index in [1.165, 1.54) is 24.0 Å². The highest BCUT2D eigenvalue weighted by atomic mass is 16.3. The lowest BCUT2D eigenvalue weighted by molar-refractivity contribution is 0.368. The zero-order chi connectivity index (χ0) is 25.6. The number of nitrogens with zero attached hydrogens (tertiary/aromatic N) is 2. The van der Waals surface area contributed by atoms with E-state index < -0.39 is 0 Å². The molecule has 1 heterocycles. The molecular weight excluding hydrogens is 456 g/mol. The van der Waals surface area contributed by atoms with Gasteiger partial charge >= 0.3 is 0 Å². The summed E-state index contributed by atoms with van der Waals surface area (Å²) < 4.78 is 1.89. The summed E-state index contributed by atoms with van der Waals surface area (Å²) in [5.41, 5.74) is 18.7. The molecule has 0 amide bonds. The van der Waals surface area contributed by atoms with Gasteiger partial charge in [0.25, 0.3) is 0 Å². The van der Waals surface area contributed by atoms with Crippen LogP contribution in [0.2, 0.25) is 0 Å². The van der Waals surface area contributed by atoms with Gasteiger partial charge in [0.05, 0.1) is 24.1 Å². The molecule has 0 saturated carbocycles. The van der Waals surface area contributed by atoms with Gasteiger partial charge in [-0.05, 0) is 54.3 Å². The van der Waals surface area contributed by atoms with Crippen LogP contribution in [0.25, 0.3) is 28.0 Å². The maximum Gasteiger partial charge on any atom is 0.200 e. The normalized spacial score (nSPS) is 14.5. The molecule has 0 aliphatic heterocycles. The SMILES string of the molecule is NCCCCCCCC(N)n1c(O)c2cccc3c2c1C=CC3=NCc1ccc(-c2ccccc2)cc1. The molecular formula is C32H36N4O. The highest BCUT2D eigenvalue weighted by molar-refractivity contribution is 6.23. The molecule has 0 saturated heterocycles. The number of hydrogen-bond acceptors (Lipinski definition) is 4. The van der Waals surface area contributed by atoms with E-state index in [2.05, 4.69) is 54.6 Å². The Morgan fingerprint density at radius 2 is 1.51 bits per heavy atom. The van der Waals surface area contributed by atoms with Gasteiger partial charge in [-0.3, -0.25) is 9.56 Å². The standard InChI is InChI=1S/C32H36N4O/c33-21-8-3-1-2-7-14-30(34)36-29-20-19-28(26-12-9-13-27(31(26)29)32(36)37)35-22-23-15-17-25(18-16-23)24-10-5-4-6-11-24/h4-6,9-13,15-20,30,37H,1-3,7-8,14,21-22,33-34H2. The zero-order valence-electron chi connectivity index (χ0n) is 21.3. The Labute approximate surface area is 219 Å². The van der Waals surface area contributed by atoms with Crippen LogP contribution in [0.15, 0.2) is 83.9 Å². The summed E-state index contributed by atoms with van der Waals surface area (Å²) in [6.45, 7) is 1.35. The molecule has 1 atom stereocenters. The first-order chi connectivity index (χ1) is 18.2. The Hall–Kier alpha value is -3.67. The molecule has 37 heavy (non-hydrogen) atoms. The predicted molar refractivity (Wildman–Crippen MR) is 155 cm³/mol. The smallest absolute Gasteiger partial charge is 0.200 e. The first-order valence-electron chi connectivity index (χ1n) is 13.4. The molecule has 0 bridgehead atoms. The lowest BCUT2D eigenvalue weighted by Gasteiger charge is -2.19.